The van der Waals surface area contributed by atoms with Crippen LogP contribution in [0.15, 0.2) is 41.3 Å². The maximum Gasteiger partial charge on any atom is 0.304 e. The van der Waals surface area contributed by atoms with Gasteiger partial charge in [-0.2, -0.15) is 5.10 Å². The summed E-state index contributed by atoms with van der Waals surface area (Å²) in [6, 6.07) is 10.8. The number of halogens is 1. The minimum Gasteiger partial charge on any atom is -0.481 e. The molecular formula is C20H22ClN5O4S2. The number of primary sulfonamides is 1. The number of hydrogen-bond donors (Lipinski definition) is 4. The highest BCUT2D eigenvalue weighted by Gasteiger charge is 2.24. The first kappa shape index (κ1) is 23.9. The van der Waals surface area contributed by atoms with E-state index in [4.69, 9.17) is 29.0 Å². The monoisotopic (exact) mass is 495 g/mol. The van der Waals surface area contributed by atoms with E-state index < -0.39 is 21.9 Å². The first-order valence-corrected chi connectivity index (χ1v) is 11.8. The van der Waals surface area contributed by atoms with Gasteiger partial charge in [-0.3, -0.25) is 14.5 Å². The lowest BCUT2D eigenvalue weighted by atomic mass is 10.0. The molecule has 0 amide bonds. The molecule has 32 heavy (non-hydrogen) atoms. The van der Waals surface area contributed by atoms with Crippen molar-refractivity contribution in [3.05, 3.63) is 63.1 Å². The van der Waals surface area contributed by atoms with Crippen LogP contribution in [0.5, 0.6) is 0 Å². The molecular weight excluding hydrogens is 474 g/mol. The van der Waals surface area contributed by atoms with E-state index in [-0.39, 0.29) is 22.9 Å². The number of hydrogen-bond acceptors (Lipinski definition) is 6. The fraction of sp³-hybridized carbons (Fsp3) is 0.250. The first-order valence-electron chi connectivity index (χ1n) is 9.51. The van der Waals surface area contributed by atoms with Crippen molar-refractivity contribution in [3.63, 3.8) is 0 Å². The van der Waals surface area contributed by atoms with Crippen LogP contribution < -0.4 is 10.5 Å². The molecule has 1 heterocycles. The molecule has 5 N–H and O–H groups in total. The number of carboxylic acids is 1. The third-order valence-corrected chi connectivity index (χ3v) is 6.91. The van der Waals surface area contributed by atoms with Gasteiger partial charge < -0.3 is 10.4 Å². The van der Waals surface area contributed by atoms with Crippen LogP contribution in [0.2, 0.25) is 5.02 Å². The fourth-order valence-electron chi connectivity index (χ4n) is 3.62. The van der Waals surface area contributed by atoms with Crippen LogP contribution >= 0.6 is 23.8 Å². The number of nitrogens with one attached hydrogen (secondary N) is 2. The number of aryl methyl sites for hydroxylation is 1. The summed E-state index contributed by atoms with van der Waals surface area (Å²) in [4.78, 5) is 11.5. The number of sulfonamides is 1. The number of benzene rings is 2. The van der Waals surface area contributed by atoms with Crippen molar-refractivity contribution in [2.24, 2.45) is 5.14 Å². The Bertz CT molecular complexity index is 1320. The summed E-state index contributed by atoms with van der Waals surface area (Å²) in [5, 5.41) is 25.1. The predicted molar refractivity (Wildman–Crippen MR) is 125 cm³/mol. The number of H-pyrrole nitrogens is 1. The molecule has 0 saturated carbocycles. The maximum absolute atomic E-state index is 11.9. The molecule has 12 heteroatoms. The number of para-hydroxylation sites is 1. The minimum atomic E-state index is -3.95. The Balaban J connectivity index is 1.98. The number of nitrogens with zero attached hydrogens (tertiary/aromatic N) is 2. The van der Waals surface area contributed by atoms with Crippen molar-refractivity contribution in [1.82, 2.24) is 14.8 Å². The largest absolute Gasteiger partial charge is 0.481 e. The molecule has 0 radical (unpaired) electrons. The molecule has 0 aliphatic carbocycles. The summed E-state index contributed by atoms with van der Waals surface area (Å²) < 4.78 is 25.8. The topological polar surface area (TPSA) is 143 Å². The summed E-state index contributed by atoms with van der Waals surface area (Å²) in [5.74, 6) is -1.13. The number of aliphatic carboxylic acids is 1. The van der Waals surface area contributed by atoms with E-state index in [2.05, 4.69) is 15.5 Å². The van der Waals surface area contributed by atoms with Gasteiger partial charge in [-0.1, -0.05) is 29.8 Å². The number of rotatable bonds is 8. The van der Waals surface area contributed by atoms with E-state index in [1.165, 1.54) is 0 Å². The van der Waals surface area contributed by atoms with Gasteiger partial charge in [0.15, 0.2) is 4.77 Å². The smallest absolute Gasteiger partial charge is 0.304 e. The SMILES string of the molecule is Cc1cc(NCC(CC(=O)O)c2n[nH]c(=S)n2-c2ccccc2)c(Cl)c(C)c1S(N)(=O)=O. The van der Waals surface area contributed by atoms with Crippen molar-refractivity contribution in [3.8, 4) is 5.69 Å². The third kappa shape index (κ3) is 5.01. The Morgan fingerprint density at radius 2 is 2.00 bits per heavy atom. The van der Waals surface area contributed by atoms with E-state index in [0.29, 0.717) is 27.4 Å². The summed E-state index contributed by atoms with van der Waals surface area (Å²) in [6.07, 6.45) is -0.218. The highest BCUT2D eigenvalue weighted by atomic mass is 35.5. The van der Waals surface area contributed by atoms with Gasteiger partial charge in [-0.25, -0.2) is 13.6 Å². The van der Waals surface area contributed by atoms with Crippen LogP contribution in [-0.4, -0.2) is 40.8 Å². The molecule has 0 bridgehead atoms. The number of aromatic amines is 1. The molecule has 0 saturated heterocycles. The number of carbonyl (C=O) groups is 1. The molecule has 3 aromatic rings. The standard InChI is InChI=1S/C20H22ClN5O4S2/c1-11-8-15(17(21)12(2)18(11)32(22,29)30)23-10-13(9-16(27)28)19-24-25-20(31)26(19)14-6-4-3-5-7-14/h3-8,13,23H,9-10H2,1-2H3,(H,25,31)(H,27,28)(H2,22,29,30). The minimum absolute atomic E-state index is 0.0277. The Morgan fingerprint density at radius 3 is 2.59 bits per heavy atom. The molecule has 1 unspecified atom stereocenters. The molecule has 3 rings (SSSR count). The number of carboxylic acid groups (broad SMARTS) is 1. The zero-order valence-electron chi connectivity index (χ0n) is 17.3. The van der Waals surface area contributed by atoms with Crippen LogP contribution in [0.25, 0.3) is 5.69 Å². The molecule has 1 atom stereocenters. The van der Waals surface area contributed by atoms with Crippen molar-refractivity contribution < 1.29 is 18.3 Å². The van der Waals surface area contributed by atoms with Crippen molar-refractivity contribution >= 4 is 45.5 Å². The zero-order valence-corrected chi connectivity index (χ0v) is 19.7. The number of nitrogens with two attached hydrogens (primary N) is 1. The highest BCUT2D eigenvalue weighted by molar-refractivity contribution is 7.89. The molecule has 0 spiro atoms. The second-order valence-corrected chi connectivity index (χ2v) is 9.55. The van der Waals surface area contributed by atoms with Gasteiger partial charge in [0, 0.05) is 18.2 Å². The Morgan fingerprint density at radius 1 is 1.34 bits per heavy atom. The van der Waals surface area contributed by atoms with E-state index in [9.17, 15) is 18.3 Å². The molecule has 0 aliphatic heterocycles. The van der Waals surface area contributed by atoms with Gasteiger partial charge in [0.1, 0.15) is 5.82 Å². The maximum atomic E-state index is 11.9. The van der Waals surface area contributed by atoms with Gasteiger partial charge in [-0.15, -0.1) is 0 Å². The molecule has 9 nitrogen and oxygen atoms in total. The van der Waals surface area contributed by atoms with E-state index >= 15 is 0 Å². The lowest BCUT2D eigenvalue weighted by Gasteiger charge is -2.20. The first-order chi connectivity index (χ1) is 15.0. The Labute approximate surface area is 195 Å². The molecule has 0 aliphatic rings. The van der Waals surface area contributed by atoms with E-state index in [1.807, 2.05) is 30.3 Å². The summed E-state index contributed by atoms with van der Waals surface area (Å²) in [5.41, 5.74) is 1.96. The van der Waals surface area contributed by atoms with Crippen LogP contribution in [0.3, 0.4) is 0 Å². The quantitative estimate of drug-likeness (QED) is 0.350. The van der Waals surface area contributed by atoms with Crippen LogP contribution in [0, 0.1) is 18.6 Å². The van der Waals surface area contributed by atoms with Crippen molar-refractivity contribution in [1.29, 1.82) is 0 Å². The third-order valence-electron chi connectivity index (χ3n) is 4.95. The summed E-state index contributed by atoms with van der Waals surface area (Å²) in [7, 11) is -3.95. The normalized spacial score (nSPS) is 12.5. The predicted octanol–water partition coefficient (Wildman–Crippen LogP) is 3.52. The lowest BCUT2D eigenvalue weighted by molar-refractivity contribution is -0.137. The van der Waals surface area contributed by atoms with Crippen molar-refractivity contribution in [2.75, 3.05) is 11.9 Å². The van der Waals surface area contributed by atoms with E-state index in [0.717, 1.165) is 5.69 Å². The van der Waals surface area contributed by atoms with Crippen LogP contribution in [0.1, 0.15) is 29.3 Å². The van der Waals surface area contributed by atoms with Crippen LogP contribution in [0.4, 0.5) is 5.69 Å². The van der Waals surface area contributed by atoms with Gasteiger partial charge in [0.05, 0.1) is 22.0 Å². The average molecular weight is 496 g/mol. The average Bonchev–Trinajstić information content (AvgIpc) is 3.09. The van der Waals surface area contributed by atoms with Gasteiger partial charge >= 0.3 is 5.97 Å². The molecule has 1 aromatic heterocycles. The van der Waals surface area contributed by atoms with Gasteiger partial charge in [-0.05, 0) is 55.4 Å². The Kier molecular flexibility index (Phi) is 7.03. The Hall–Kier alpha value is -2.73. The zero-order chi connectivity index (χ0) is 23.6. The summed E-state index contributed by atoms with van der Waals surface area (Å²) >= 11 is 11.8. The molecule has 2 aromatic carbocycles. The van der Waals surface area contributed by atoms with Gasteiger partial charge in [0.2, 0.25) is 10.0 Å². The van der Waals surface area contributed by atoms with Crippen LogP contribution in [-0.2, 0) is 14.8 Å². The van der Waals surface area contributed by atoms with Crippen molar-refractivity contribution in [2.45, 2.75) is 31.1 Å². The lowest BCUT2D eigenvalue weighted by Crippen LogP contribution is -2.21. The number of anilines is 1. The fourth-order valence-corrected chi connectivity index (χ4v) is 5.17. The summed E-state index contributed by atoms with van der Waals surface area (Å²) in [6.45, 7) is 3.34. The molecule has 0 fully saturated rings. The second-order valence-electron chi connectivity index (χ2n) is 7.29. The highest BCUT2D eigenvalue weighted by Crippen LogP contribution is 2.34. The van der Waals surface area contributed by atoms with Gasteiger partial charge in [0.25, 0.3) is 0 Å². The molecule has 170 valence electrons. The second kappa shape index (κ2) is 9.41. The van der Waals surface area contributed by atoms with E-state index in [1.54, 1.807) is 24.5 Å². The number of aromatic nitrogens is 3.